The van der Waals surface area contributed by atoms with Crippen molar-refractivity contribution in [2.24, 2.45) is 5.73 Å². The van der Waals surface area contributed by atoms with Crippen LogP contribution in [0.4, 0.5) is 0 Å². The van der Waals surface area contributed by atoms with Crippen molar-refractivity contribution in [2.75, 3.05) is 6.54 Å². The van der Waals surface area contributed by atoms with E-state index in [0.717, 1.165) is 5.01 Å². The van der Waals surface area contributed by atoms with E-state index in [9.17, 15) is 4.79 Å². The first-order valence-corrected chi connectivity index (χ1v) is 8.36. The average molecular weight is 354 g/mol. The van der Waals surface area contributed by atoms with E-state index in [0.29, 0.717) is 34.5 Å². The molecule has 0 aliphatic rings. The number of aromatic nitrogens is 1. The van der Waals surface area contributed by atoms with Gasteiger partial charge in [0.2, 0.25) is 0 Å². The van der Waals surface area contributed by atoms with Crippen molar-refractivity contribution in [2.45, 2.75) is 32.9 Å². The molecule has 3 N–H and O–H groups in total. The second kappa shape index (κ2) is 7.29. The topological polar surface area (TPSA) is 77.2 Å². The minimum Gasteiger partial charge on any atom is -0.486 e. The van der Waals surface area contributed by atoms with E-state index >= 15 is 0 Å². The Hall–Kier alpha value is -1.63. The standard InChI is InChI=1S/C16H20ClN3O2S/c1-10-14(15(21)19-9-16(2,3)18)23-13(20-10)8-22-12-6-4-11(17)5-7-12/h4-7H,8-9,18H2,1-3H3,(H,19,21). The van der Waals surface area contributed by atoms with Crippen LogP contribution in [0.25, 0.3) is 0 Å². The third-order valence-electron chi connectivity index (χ3n) is 2.93. The molecule has 1 amide bonds. The van der Waals surface area contributed by atoms with Crippen molar-refractivity contribution < 1.29 is 9.53 Å². The normalized spacial score (nSPS) is 11.3. The van der Waals surface area contributed by atoms with E-state index in [-0.39, 0.29) is 5.91 Å². The third kappa shape index (κ3) is 5.49. The fourth-order valence-electron chi connectivity index (χ4n) is 1.79. The Morgan fingerprint density at radius 3 is 2.65 bits per heavy atom. The second-order valence-electron chi connectivity index (χ2n) is 5.94. The molecule has 1 aromatic heterocycles. The summed E-state index contributed by atoms with van der Waals surface area (Å²) in [7, 11) is 0. The largest absolute Gasteiger partial charge is 0.486 e. The van der Waals surface area contributed by atoms with Gasteiger partial charge in [0.05, 0.1) is 5.69 Å². The Balaban J connectivity index is 1.97. The average Bonchev–Trinajstić information content (AvgIpc) is 2.84. The molecule has 0 saturated carbocycles. The highest BCUT2D eigenvalue weighted by Gasteiger charge is 2.18. The first kappa shape index (κ1) is 17.7. The summed E-state index contributed by atoms with van der Waals surface area (Å²) in [5.74, 6) is 0.550. The monoisotopic (exact) mass is 353 g/mol. The number of rotatable bonds is 6. The molecule has 0 aliphatic heterocycles. The van der Waals surface area contributed by atoms with Crippen molar-refractivity contribution in [3.63, 3.8) is 0 Å². The van der Waals surface area contributed by atoms with Gasteiger partial charge in [0.25, 0.3) is 5.91 Å². The zero-order valence-corrected chi connectivity index (χ0v) is 14.9. The molecule has 23 heavy (non-hydrogen) atoms. The zero-order valence-electron chi connectivity index (χ0n) is 13.4. The molecular formula is C16H20ClN3O2S. The Morgan fingerprint density at radius 2 is 2.04 bits per heavy atom. The number of benzene rings is 1. The van der Waals surface area contributed by atoms with Crippen LogP contribution in [-0.4, -0.2) is 23.0 Å². The maximum atomic E-state index is 12.2. The molecule has 0 bridgehead atoms. The summed E-state index contributed by atoms with van der Waals surface area (Å²) in [4.78, 5) is 17.2. The smallest absolute Gasteiger partial charge is 0.263 e. The lowest BCUT2D eigenvalue weighted by molar-refractivity contribution is 0.0949. The fourth-order valence-corrected chi connectivity index (χ4v) is 2.81. The van der Waals surface area contributed by atoms with Crippen molar-refractivity contribution in [1.82, 2.24) is 10.3 Å². The van der Waals surface area contributed by atoms with E-state index in [4.69, 9.17) is 22.1 Å². The molecule has 0 unspecified atom stereocenters. The number of nitrogens with one attached hydrogen (secondary N) is 1. The lowest BCUT2D eigenvalue weighted by Gasteiger charge is -2.18. The van der Waals surface area contributed by atoms with Crippen molar-refractivity contribution in [3.05, 3.63) is 44.9 Å². The summed E-state index contributed by atoms with van der Waals surface area (Å²) in [6.07, 6.45) is 0. The van der Waals surface area contributed by atoms with E-state index in [1.807, 2.05) is 20.8 Å². The predicted molar refractivity (Wildman–Crippen MR) is 93.2 cm³/mol. The first-order valence-electron chi connectivity index (χ1n) is 7.16. The molecule has 1 aromatic carbocycles. The van der Waals surface area contributed by atoms with Gasteiger partial charge in [-0.3, -0.25) is 4.79 Å². The number of carbonyl (C=O) groups is 1. The van der Waals surface area contributed by atoms with Gasteiger partial charge in [0.1, 0.15) is 22.2 Å². The van der Waals surface area contributed by atoms with Gasteiger partial charge in [-0.25, -0.2) is 4.98 Å². The molecule has 0 saturated heterocycles. The molecule has 7 heteroatoms. The van der Waals surface area contributed by atoms with Crippen LogP contribution < -0.4 is 15.8 Å². The number of hydrogen-bond acceptors (Lipinski definition) is 5. The number of nitrogens with zero attached hydrogens (tertiary/aromatic N) is 1. The molecule has 5 nitrogen and oxygen atoms in total. The molecule has 0 aliphatic carbocycles. The number of amides is 1. The van der Waals surface area contributed by atoms with Gasteiger partial charge in [-0.1, -0.05) is 11.6 Å². The zero-order chi connectivity index (χ0) is 17.0. The van der Waals surface area contributed by atoms with Gasteiger partial charge in [-0.2, -0.15) is 0 Å². The van der Waals surface area contributed by atoms with Crippen LogP contribution >= 0.6 is 22.9 Å². The summed E-state index contributed by atoms with van der Waals surface area (Å²) in [6, 6.07) is 7.11. The van der Waals surface area contributed by atoms with Crippen LogP contribution in [0.15, 0.2) is 24.3 Å². The lowest BCUT2D eigenvalue weighted by Crippen LogP contribution is -2.45. The predicted octanol–water partition coefficient (Wildman–Crippen LogP) is 3.15. The molecule has 0 radical (unpaired) electrons. The second-order valence-corrected chi connectivity index (χ2v) is 7.46. The SMILES string of the molecule is Cc1nc(COc2ccc(Cl)cc2)sc1C(=O)NCC(C)(C)N. The van der Waals surface area contributed by atoms with Crippen LogP contribution in [0, 0.1) is 6.92 Å². The highest BCUT2D eigenvalue weighted by atomic mass is 35.5. The molecule has 0 spiro atoms. The Morgan fingerprint density at radius 1 is 1.39 bits per heavy atom. The molecule has 0 atom stereocenters. The molecule has 2 aromatic rings. The number of hydrogen-bond donors (Lipinski definition) is 2. The summed E-state index contributed by atoms with van der Waals surface area (Å²) >= 11 is 7.16. The number of nitrogens with two attached hydrogens (primary N) is 1. The van der Waals surface area contributed by atoms with E-state index < -0.39 is 5.54 Å². The number of halogens is 1. The number of ether oxygens (including phenoxy) is 1. The van der Waals surface area contributed by atoms with Gasteiger partial charge in [0, 0.05) is 17.1 Å². The minimum atomic E-state index is -0.450. The van der Waals surface area contributed by atoms with E-state index in [1.165, 1.54) is 11.3 Å². The molecule has 0 fully saturated rings. The molecule has 1 heterocycles. The van der Waals surface area contributed by atoms with Gasteiger partial charge in [0.15, 0.2) is 0 Å². The van der Waals surface area contributed by atoms with E-state index in [2.05, 4.69) is 10.3 Å². The van der Waals surface area contributed by atoms with Crippen LogP contribution in [0.2, 0.25) is 5.02 Å². The van der Waals surface area contributed by atoms with Crippen LogP contribution in [-0.2, 0) is 6.61 Å². The van der Waals surface area contributed by atoms with Gasteiger partial charge >= 0.3 is 0 Å². The van der Waals surface area contributed by atoms with Gasteiger partial charge in [-0.15, -0.1) is 11.3 Å². The molecule has 124 valence electrons. The Labute approximate surface area is 144 Å². The van der Waals surface area contributed by atoms with Crippen LogP contribution in [0.3, 0.4) is 0 Å². The van der Waals surface area contributed by atoms with Gasteiger partial charge in [-0.05, 0) is 45.0 Å². The maximum Gasteiger partial charge on any atom is 0.263 e. The van der Waals surface area contributed by atoms with Crippen LogP contribution in [0.5, 0.6) is 5.75 Å². The summed E-state index contributed by atoms with van der Waals surface area (Å²) in [5, 5.41) is 4.23. The quantitative estimate of drug-likeness (QED) is 0.836. The minimum absolute atomic E-state index is 0.156. The third-order valence-corrected chi connectivity index (χ3v) is 4.31. The van der Waals surface area contributed by atoms with Crippen molar-refractivity contribution >= 4 is 28.8 Å². The number of aryl methyl sites for hydroxylation is 1. The van der Waals surface area contributed by atoms with Crippen molar-refractivity contribution in [3.8, 4) is 5.75 Å². The Kier molecular flexibility index (Phi) is 5.62. The molecular weight excluding hydrogens is 334 g/mol. The number of thiazole rings is 1. The van der Waals surface area contributed by atoms with Gasteiger partial charge < -0.3 is 15.8 Å². The highest BCUT2D eigenvalue weighted by molar-refractivity contribution is 7.13. The number of carbonyl (C=O) groups excluding carboxylic acids is 1. The lowest BCUT2D eigenvalue weighted by atomic mass is 10.1. The van der Waals surface area contributed by atoms with Crippen LogP contribution in [0.1, 0.15) is 34.2 Å². The first-order chi connectivity index (χ1) is 10.7. The maximum absolute atomic E-state index is 12.2. The van der Waals surface area contributed by atoms with E-state index in [1.54, 1.807) is 24.3 Å². The molecule has 2 rings (SSSR count). The summed E-state index contributed by atoms with van der Waals surface area (Å²) in [6.45, 7) is 6.24. The summed E-state index contributed by atoms with van der Waals surface area (Å²) < 4.78 is 5.65. The Bertz CT molecular complexity index is 678. The highest BCUT2D eigenvalue weighted by Crippen LogP contribution is 2.21. The fraction of sp³-hybridized carbons (Fsp3) is 0.375. The van der Waals surface area contributed by atoms with Crippen molar-refractivity contribution in [1.29, 1.82) is 0 Å². The summed E-state index contributed by atoms with van der Waals surface area (Å²) in [5.41, 5.74) is 6.11.